The maximum absolute atomic E-state index is 14.3. The van der Waals surface area contributed by atoms with Crippen LogP contribution in [0.5, 0.6) is 0 Å². The van der Waals surface area contributed by atoms with Crippen LogP contribution in [0.2, 0.25) is 5.15 Å². The first-order valence-corrected chi connectivity index (χ1v) is 8.16. The molecule has 3 N–H and O–H groups in total. The number of nitrogens with one attached hydrogen (secondary N) is 1. The van der Waals surface area contributed by atoms with E-state index in [1.54, 1.807) is 12.1 Å². The van der Waals surface area contributed by atoms with E-state index in [0.29, 0.717) is 5.69 Å². The minimum Gasteiger partial charge on any atom is -0.370 e. The predicted octanol–water partition coefficient (Wildman–Crippen LogP) is 2.83. The van der Waals surface area contributed by atoms with Gasteiger partial charge in [0.15, 0.2) is 0 Å². The quantitative estimate of drug-likeness (QED) is 0.818. The minimum atomic E-state index is -0.741. The van der Waals surface area contributed by atoms with Gasteiger partial charge in [0, 0.05) is 13.1 Å². The lowest BCUT2D eigenvalue weighted by Gasteiger charge is -2.21. The molecule has 0 radical (unpaired) electrons. The van der Waals surface area contributed by atoms with Gasteiger partial charge in [0.2, 0.25) is 0 Å². The number of anilines is 2. The number of halogens is 2. The van der Waals surface area contributed by atoms with Crippen LogP contribution in [0.25, 0.3) is 0 Å². The van der Waals surface area contributed by atoms with Crippen LogP contribution in [0.3, 0.4) is 0 Å². The second-order valence-corrected chi connectivity index (χ2v) is 6.04. The van der Waals surface area contributed by atoms with Crippen molar-refractivity contribution in [1.29, 1.82) is 0 Å². The van der Waals surface area contributed by atoms with Gasteiger partial charge in [0.05, 0.1) is 11.3 Å². The number of amides is 2. The molecular weight excluding hydrogens is 347 g/mol. The molecule has 25 heavy (non-hydrogen) atoms. The van der Waals surface area contributed by atoms with Crippen LogP contribution >= 0.6 is 11.6 Å². The molecule has 1 aromatic heterocycles. The molecule has 1 aliphatic heterocycles. The molecule has 0 unspecified atom stereocenters. The smallest absolute Gasteiger partial charge is 0.274 e. The summed E-state index contributed by atoms with van der Waals surface area (Å²) < 4.78 is 14.3. The fourth-order valence-corrected chi connectivity index (χ4v) is 3.03. The van der Waals surface area contributed by atoms with Crippen LogP contribution in [0.4, 0.5) is 15.8 Å². The number of nitrogens with two attached hydrogens (primary N) is 1. The first-order chi connectivity index (χ1) is 12.0. The summed E-state index contributed by atoms with van der Waals surface area (Å²) in [5, 5.41) is 2.38. The number of para-hydroxylation sites is 1. The Morgan fingerprint density at radius 2 is 1.92 bits per heavy atom. The molecule has 0 aliphatic carbocycles. The molecule has 0 saturated carbocycles. The second-order valence-electron chi connectivity index (χ2n) is 5.68. The number of hydrogen-bond acceptors (Lipinski definition) is 4. The second kappa shape index (κ2) is 7.06. The van der Waals surface area contributed by atoms with Crippen molar-refractivity contribution in [2.24, 2.45) is 5.73 Å². The van der Waals surface area contributed by atoms with Gasteiger partial charge in [-0.2, -0.15) is 0 Å². The summed E-state index contributed by atoms with van der Waals surface area (Å²) in [4.78, 5) is 29.5. The van der Waals surface area contributed by atoms with Crippen LogP contribution in [-0.2, 0) is 0 Å². The summed E-state index contributed by atoms with van der Waals surface area (Å²) in [5.41, 5.74) is 5.87. The van der Waals surface area contributed by atoms with E-state index < -0.39 is 17.6 Å². The lowest BCUT2D eigenvalue weighted by atomic mass is 10.2. The molecule has 6 nitrogen and oxygen atoms in total. The molecule has 0 bridgehead atoms. The van der Waals surface area contributed by atoms with Gasteiger partial charge in [-0.25, -0.2) is 9.37 Å². The number of rotatable bonds is 4. The molecule has 1 fully saturated rings. The highest BCUT2D eigenvalue weighted by atomic mass is 35.5. The largest absolute Gasteiger partial charge is 0.370 e. The average Bonchev–Trinajstić information content (AvgIpc) is 3.10. The van der Waals surface area contributed by atoms with Gasteiger partial charge in [-0.1, -0.05) is 17.7 Å². The SMILES string of the molecule is NC(=O)c1ccc(C(=O)Nc2c(F)cccc2N2CCCC2)nc1Cl. The van der Waals surface area contributed by atoms with Gasteiger partial charge in [0.25, 0.3) is 11.8 Å². The fourth-order valence-electron chi connectivity index (χ4n) is 2.78. The van der Waals surface area contributed by atoms with Crippen molar-refractivity contribution in [3.63, 3.8) is 0 Å². The molecule has 2 heterocycles. The first-order valence-electron chi connectivity index (χ1n) is 7.78. The molecule has 1 aliphatic rings. The molecule has 8 heteroatoms. The molecule has 0 atom stereocenters. The van der Waals surface area contributed by atoms with Crippen LogP contribution in [0.15, 0.2) is 30.3 Å². The van der Waals surface area contributed by atoms with Gasteiger partial charge in [-0.15, -0.1) is 0 Å². The standard InChI is InChI=1S/C17H16ClFN4O2/c18-15-10(16(20)24)6-7-12(21-15)17(25)22-14-11(19)4-3-5-13(14)23-8-1-2-9-23/h3-7H,1-2,8-9H2,(H2,20,24)(H,22,25). The van der Waals surface area contributed by atoms with E-state index in [9.17, 15) is 14.0 Å². The molecular formula is C17H16ClFN4O2. The van der Waals surface area contributed by atoms with Crippen molar-refractivity contribution in [1.82, 2.24) is 4.98 Å². The van der Waals surface area contributed by atoms with Crippen molar-refractivity contribution in [3.05, 3.63) is 52.6 Å². The van der Waals surface area contributed by atoms with Gasteiger partial charge >= 0.3 is 0 Å². The minimum absolute atomic E-state index is 0.0156. The number of nitrogens with zero attached hydrogens (tertiary/aromatic N) is 2. The van der Waals surface area contributed by atoms with E-state index in [-0.39, 0.29) is 22.1 Å². The Bertz CT molecular complexity index is 837. The van der Waals surface area contributed by atoms with Gasteiger partial charge < -0.3 is 16.0 Å². The van der Waals surface area contributed by atoms with Crippen molar-refractivity contribution in [2.75, 3.05) is 23.3 Å². The van der Waals surface area contributed by atoms with E-state index in [1.807, 2.05) is 4.90 Å². The lowest BCUT2D eigenvalue weighted by molar-refractivity contribution is 0.0993. The zero-order chi connectivity index (χ0) is 18.0. The summed E-state index contributed by atoms with van der Waals surface area (Å²) in [5.74, 6) is -1.89. The zero-order valence-corrected chi connectivity index (χ0v) is 14.0. The maximum atomic E-state index is 14.3. The number of primary amides is 1. The Kier molecular flexibility index (Phi) is 4.85. The van der Waals surface area contributed by atoms with Crippen LogP contribution in [-0.4, -0.2) is 29.9 Å². The molecule has 1 saturated heterocycles. The zero-order valence-electron chi connectivity index (χ0n) is 13.3. The highest BCUT2D eigenvalue weighted by Gasteiger charge is 2.21. The topological polar surface area (TPSA) is 88.3 Å². The molecule has 0 spiro atoms. The highest BCUT2D eigenvalue weighted by molar-refractivity contribution is 6.32. The molecule has 3 rings (SSSR count). The lowest BCUT2D eigenvalue weighted by Crippen LogP contribution is -2.22. The van der Waals surface area contributed by atoms with Crippen LogP contribution in [0.1, 0.15) is 33.7 Å². The van der Waals surface area contributed by atoms with Gasteiger partial charge in [-0.05, 0) is 37.1 Å². The third-order valence-corrected chi connectivity index (χ3v) is 4.31. The van der Waals surface area contributed by atoms with E-state index >= 15 is 0 Å². The van der Waals surface area contributed by atoms with Crippen molar-refractivity contribution in [2.45, 2.75) is 12.8 Å². The van der Waals surface area contributed by atoms with Crippen LogP contribution < -0.4 is 16.0 Å². The number of hydrogen-bond donors (Lipinski definition) is 2. The van der Waals surface area contributed by atoms with Gasteiger partial charge in [-0.3, -0.25) is 9.59 Å². The monoisotopic (exact) mass is 362 g/mol. The van der Waals surface area contributed by atoms with Crippen molar-refractivity contribution in [3.8, 4) is 0 Å². The number of benzene rings is 1. The third kappa shape index (κ3) is 3.56. The number of carbonyl (C=O) groups excluding carboxylic acids is 2. The summed E-state index contributed by atoms with van der Waals surface area (Å²) >= 11 is 5.86. The Balaban J connectivity index is 1.88. The molecule has 2 amide bonds. The van der Waals surface area contributed by atoms with E-state index in [2.05, 4.69) is 10.3 Å². The third-order valence-electron chi connectivity index (χ3n) is 4.02. The molecule has 130 valence electrons. The van der Waals surface area contributed by atoms with E-state index in [4.69, 9.17) is 17.3 Å². The summed E-state index contributed by atoms with van der Waals surface area (Å²) in [7, 11) is 0. The Morgan fingerprint density at radius 1 is 1.20 bits per heavy atom. The Hall–Kier alpha value is -2.67. The van der Waals surface area contributed by atoms with Crippen LogP contribution in [0, 0.1) is 5.82 Å². The maximum Gasteiger partial charge on any atom is 0.274 e. The van der Waals surface area contributed by atoms with Gasteiger partial charge in [0.1, 0.15) is 22.4 Å². The number of aromatic nitrogens is 1. The van der Waals surface area contributed by atoms with E-state index in [1.165, 1.54) is 18.2 Å². The normalized spacial score (nSPS) is 13.8. The van der Waals surface area contributed by atoms with Crippen molar-refractivity contribution < 1.29 is 14.0 Å². The van der Waals surface area contributed by atoms with Crippen molar-refractivity contribution >= 4 is 34.8 Å². The summed E-state index contributed by atoms with van der Waals surface area (Å²) in [6.07, 6.45) is 2.05. The molecule has 2 aromatic rings. The highest BCUT2D eigenvalue weighted by Crippen LogP contribution is 2.31. The summed E-state index contributed by atoms with van der Waals surface area (Å²) in [6, 6.07) is 7.29. The number of carbonyl (C=O) groups is 2. The Labute approximate surface area is 148 Å². The first kappa shape index (κ1) is 17.2. The average molecular weight is 363 g/mol. The number of pyridine rings is 1. The molecule has 1 aromatic carbocycles. The summed E-state index contributed by atoms with van der Waals surface area (Å²) in [6.45, 7) is 1.62. The predicted molar refractivity (Wildman–Crippen MR) is 93.6 cm³/mol. The fraction of sp³-hybridized carbons (Fsp3) is 0.235. The Morgan fingerprint density at radius 3 is 2.56 bits per heavy atom. The van der Waals surface area contributed by atoms with E-state index in [0.717, 1.165) is 25.9 Å².